The lowest BCUT2D eigenvalue weighted by Crippen LogP contribution is -2.07. The van der Waals surface area contributed by atoms with Crippen molar-refractivity contribution >= 4 is 40.3 Å². The number of aryl methyl sites for hydroxylation is 1. The number of nitrogens with zero attached hydrogens (tertiary/aromatic N) is 3. The molecule has 0 bridgehead atoms. The number of hydrogen-bond acceptors (Lipinski definition) is 3. The van der Waals surface area contributed by atoms with E-state index in [2.05, 4.69) is 34.6 Å². The predicted molar refractivity (Wildman–Crippen MR) is 117 cm³/mol. The standard InChI is InChI=1S/C23H19ClN4O/c1-2-16-5-11-20(12-6-16)28-26-21-13-10-19(15-22(21)27-28)25-23(29)14-7-17-3-8-18(24)9-4-17/h3-15H,2H2,1H3,(H,25,29)/b14-7+. The molecule has 1 amide bonds. The quantitative estimate of drug-likeness (QED) is 0.461. The van der Waals surface area contributed by atoms with Crippen molar-refractivity contribution in [2.75, 3.05) is 5.32 Å². The Morgan fingerprint density at radius 3 is 2.45 bits per heavy atom. The second-order valence-electron chi connectivity index (χ2n) is 6.59. The summed E-state index contributed by atoms with van der Waals surface area (Å²) in [7, 11) is 0. The normalized spacial score (nSPS) is 11.2. The summed E-state index contributed by atoms with van der Waals surface area (Å²) < 4.78 is 0. The molecule has 0 aliphatic rings. The number of carbonyl (C=O) groups is 1. The van der Waals surface area contributed by atoms with Gasteiger partial charge in [-0.1, -0.05) is 42.8 Å². The predicted octanol–water partition coefficient (Wildman–Crippen LogP) is 5.29. The molecular weight excluding hydrogens is 384 g/mol. The topological polar surface area (TPSA) is 59.8 Å². The largest absolute Gasteiger partial charge is 0.322 e. The minimum atomic E-state index is -0.221. The summed E-state index contributed by atoms with van der Waals surface area (Å²) in [6.07, 6.45) is 4.21. The van der Waals surface area contributed by atoms with E-state index in [0.29, 0.717) is 16.2 Å². The Morgan fingerprint density at radius 1 is 1.00 bits per heavy atom. The maximum Gasteiger partial charge on any atom is 0.248 e. The minimum Gasteiger partial charge on any atom is -0.322 e. The van der Waals surface area contributed by atoms with Gasteiger partial charge in [0, 0.05) is 16.8 Å². The van der Waals surface area contributed by atoms with Gasteiger partial charge in [-0.2, -0.15) is 4.80 Å². The average Bonchev–Trinajstić information content (AvgIpc) is 3.17. The zero-order valence-corrected chi connectivity index (χ0v) is 16.6. The summed E-state index contributed by atoms with van der Waals surface area (Å²) in [6.45, 7) is 2.12. The SMILES string of the molecule is CCc1ccc(-n2nc3ccc(NC(=O)/C=C/c4ccc(Cl)cc4)cc3n2)cc1. The molecule has 0 saturated carbocycles. The minimum absolute atomic E-state index is 0.221. The van der Waals surface area contributed by atoms with Crippen molar-refractivity contribution in [3.05, 3.63) is 89.0 Å². The number of carbonyl (C=O) groups excluding carboxylic acids is 1. The van der Waals surface area contributed by atoms with Crippen molar-refractivity contribution < 1.29 is 4.79 Å². The molecule has 0 aliphatic heterocycles. The van der Waals surface area contributed by atoms with E-state index in [1.807, 2.05) is 42.5 Å². The lowest BCUT2D eigenvalue weighted by molar-refractivity contribution is -0.111. The zero-order chi connectivity index (χ0) is 20.2. The van der Waals surface area contributed by atoms with Crippen LogP contribution in [0.4, 0.5) is 5.69 Å². The van der Waals surface area contributed by atoms with Gasteiger partial charge in [-0.3, -0.25) is 4.79 Å². The number of hydrogen-bond donors (Lipinski definition) is 1. The van der Waals surface area contributed by atoms with E-state index in [4.69, 9.17) is 11.6 Å². The number of rotatable bonds is 5. The van der Waals surface area contributed by atoms with Gasteiger partial charge >= 0.3 is 0 Å². The van der Waals surface area contributed by atoms with E-state index in [0.717, 1.165) is 23.2 Å². The number of nitrogens with one attached hydrogen (secondary N) is 1. The Morgan fingerprint density at radius 2 is 1.72 bits per heavy atom. The summed E-state index contributed by atoms with van der Waals surface area (Å²) in [5.74, 6) is -0.221. The monoisotopic (exact) mass is 402 g/mol. The Bertz CT molecular complexity index is 1180. The molecule has 1 N–H and O–H groups in total. The molecule has 4 rings (SSSR count). The highest BCUT2D eigenvalue weighted by Gasteiger charge is 2.07. The molecule has 29 heavy (non-hydrogen) atoms. The number of halogens is 1. The van der Waals surface area contributed by atoms with Gasteiger partial charge < -0.3 is 5.32 Å². The van der Waals surface area contributed by atoms with E-state index in [1.165, 1.54) is 11.6 Å². The van der Waals surface area contributed by atoms with E-state index < -0.39 is 0 Å². The summed E-state index contributed by atoms with van der Waals surface area (Å²) in [5, 5.41) is 12.6. The molecule has 0 radical (unpaired) electrons. The van der Waals surface area contributed by atoms with E-state index in [-0.39, 0.29) is 5.91 Å². The molecule has 0 spiro atoms. The number of aromatic nitrogens is 3. The third-order valence-electron chi connectivity index (χ3n) is 4.52. The van der Waals surface area contributed by atoms with E-state index in [9.17, 15) is 4.79 Å². The Labute approximate surface area is 173 Å². The van der Waals surface area contributed by atoms with Crippen LogP contribution in [0.2, 0.25) is 5.02 Å². The summed E-state index contributed by atoms with van der Waals surface area (Å²) in [5.41, 5.74) is 5.20. The summed E-state index contributed by atoms with van der Waals surface area (Å²) in [4.78, 5) is 13.8. The van der Waals surface area contributed by atoms with Crippen LogP contribution in [-0.2, 0) is 11.2 Å². The third kappa shape index (κ3) is 4.52. The number of benzene rings is 3. The third-order valence-corrected chi connectivity index (χ3v) is 4.77. The number of anilines is 1. The van der Waals surface area contributed by atoms with Crippen LogP contribution in [0.5, 0.6) is 0 Å². The van der Waals surface area contributed by atoms with Crippen LogP contribution >= 0.6 is 11.6 Å². The van der Waals surface area contributed by atoms with E-state index >= 15 is 0 Å². The lowest BCUT2D eigenvalue weighted by Gasteiger charge is -2.01. The maximum absolute atomic E-state index is 12.2. The van der Waals surface area contributed by atoms with Crippen molar-refractivity contribution in [3.63, 3.8) is 0 Å². The van der Waals surface area contributed by atoms with Crippen LogP contribution in [0.25, 0.3) is 22.8 Å². The van der Waals surface area contributed by atoms with Gasteiger partial charge in [0.25, 0.3) is 0 Å². The molecule has 1 heterocycles. The fourth-order valence-corrected chi connectivity index (χ4v) is 3.03. The Kier molecular flexibility index (Phi) is 5.40. The fourth-order valence-electron chi connectivity index (χ4n) is 2.90. The van der Waals surface area contributed by atoms with Gasteiger partial charge in [0.05, 0.1) is 5.69 Å². The average molecular weight is 403 g/mol. The van der Waals surface area contributed by atoms with Crippen molar-refractivity contribution in [3.8, 4) is 5.69 Å². The zero-order valence-electron chi connectivity index (χ0n) is 15.8. The van der Waals surface area contributed by atoms with Crippen LogP contribution in [0.3, 0.4) is 0 Å². The van der Waals surface area contributed by atoms with Gasteiger partial charge in [-0.05, 0) is 66.1 Å². The van der Waals surface area contributed by atoms with Crippen LogP contribution in [0, 0.1) is 0 Å². The number of fused-ring (bicyclic) bond motifs is 1. The van der Waals surface area contributed by atoms with Gasteiger partial charge in [0.1, 0.15) is 11.0 Å². The molecule has 1 aromatic heterocycles. The fraction of sp³-hybridized carbons (Fsp3) is 0.0870. The Hall–Kier alpha value is -3.44. The second-order valence-corrected chi connectivity index (χ2v) is 7.02. The summed E-state index contributed by atoms with van der Waals surface area (Å²) >= 11 is 5.87. The van der Waals surface area contributed by atoms with Gasteiger partial charge in [0.15, 0.2) is 0 Å². The first kappa shape index (κ1) is 18.9. The van der Waals surface area contributed by atoms with Gasteiger partial charge in [0.2, 0.25) is 5.91 Å². The van der Waals surface area contributed by atoms with Crippen LogP contribution < -0.4 is 5.32 Å². The van der Waals surface area contributed by atoms with Crippen molar-refractivity contribution in [1.29, 1.82) is 0 Å². The maximum atomic E-state index is 12.2. The second kappa shape index (κ2) is 8.29. The van der Waals surface area contributed by atoms with E-state index in [1.54, 1.807) is 23.0 Å². The first-order chi connectivity index (χ1) is 14.1. The molecular formula is C23H19ClN4O. The summed E-state index contributed by atoms with van der Waals surface area (Å²) in [6, 6.07) is 20.9. The molecule has 6 heteroatoms. The smallest absolute Gasteiger partial charge is 0.248 e. The molecule has 0 atom stereocenters. The Balaban J connectivity index is 1.49. The molecule has 5 nitrogen and oxygen atoms in total. The highest BCUT2D eigenvalue weighted by molar-refractivity contribution is 6.30. The molecule has 3 aromatic carbocycles. The van der Waals surface area contributed by atoms with Crippen molar-refractivity contribution in [2.45, 2.75) is 13.3 Å². The van der Waals surface area contributed by atoms with Crippen LogP contribution in [0.1, 0.15) is 18.1 Å². The highest BCUT2D eigenvalue weighted by atomic mass is 35.5. The molecule has 4 aromatic rings. The molecule has 0 fully saturated rings. The molecule has 0 unspecified atom stereocenters. The molecule has 144 valence electrons. The van der Waals surface area contributed by atoms with Crippen molar-refractivity contribution in [2.24, 2.45) is 0 Å². The van der Waals surface area contributed by atoms with Crippen LogP contribution in [0.15, 0.2) is 72.8 Å². The van der Waals surface area contributed by atoms with Crippen LogP contribution in [-0.4, -0.2) is 20.9 Å². The molecule has 0 aliphatic carbocycles. The molecule has 0 saturated heterocycles. The first-order valence-corrected chi connectivity index (χ1v) is 9.69. The first-order valence-electron chi connectivity index (χ1n) is 9.32. The van der Waals surface area contributed by atoms with Crippen molar-refractivity contribution in [1.82, 2.24) is 15.0 Å². The van der Waals surface area contributed by atoms with Gasteiger partial charge in [-0.15, -0.1) is 10.2 Å². The highest BCUT2D eigenvalue weighted by Crippen LogP contribution is 2.18. The number of amides is 1. The lowest BCUT2D eigenvalue weighted by atomic mass is 10.2. The van der Waals surface area contributed by atoms with Gasteiger partial charge in [-0.25, -0.2) is 0 Å².